The Morgan fingerprint density at radius 3 is 1.48 bits per heavy atom. The van der Waals surface area contributed by atoms with Gasteiger partial charge in [-0.05, 0) is 22.5 Å². The third kappa shape index (κ3) is 4.11. The van der Waals surface area contributed by atoms with E-state index in [9.17, 15) is 29.4 Å². The molecule has 0 aromatic heterocycles. The predicted octanol–water partition coefficient (Wildman–Crippen LogP) is 3.33. The Labute approximate surface area is 170 Å². The Morgan fingerprint density at radius 1 is 0.759 bits per heavy atom. The van der Waals surface area contributed by atoms with Crippen LogP contribution in [0.3, 0.4) is 0 Å². The number of rotatable bonds is 3. The number of carbonyl (C=O) groups is 4. The van der Waals surface area contributed by atoms with E-state index in [0.717, 1.165) is 6.07 Å². The lowest BCUT2D eigenvalue weighted by Gasteiger charge is -2.41. The van der Waals surface area contributed by atoms with Crippen molar-refractivity contribution in [3.63, 3.8) is 0 Å². The quantitative estimate of drug-likeness (QED) is 0.754. The van der Waals surface area contributed by atoms with Crippen LogP contribution in [-0.2, 0) is 19.2 Å². The first-order chi connectivity index (χ1) is 13.3. The minimum Gasteiger partial charge on any atom is -0.508 e. The number of ketones is 4. The molecule has 2 N–H and O–H groups in total. The number of phenols is 2. The molecule has 1 aromatic rings. The highest BCUT2D eigenvalue weighted by molar-refractivity contribution is 6.11. The lowest BCUT2D eigenvalue weighted by Crippen LogP contribution is -2.48. The van der Waals surface area contributed by atoms with E-state index in [1.165, 1.54) is 12.1 Å². The van der Waals surface area contributed by atoms with Crippen LogP contribution in [0, 0.1) is 22.7 Å². The number of hydrogen-bond acceptors (Lipinski definition) is 6. The number of Topliss-reactive ketones (excluding diaryl/α,β-unsaturated/α-hetero) is 4. The molecule has 2 aliphatic rings. The van der Waals surface area contributed by atoms with Crippen LogP contribution >= 0.6 is 0 Å². The van der Waals surface area contributed by atoms with Crippen LogP contribution in [-0.4, -0.2) is 33.3 Å². The van der Waals surface area contributed by atoms with E-state index in [-0.39, 0.29) is 65.9 Å². The molecule has 6 heteroatoms. The van der Waals surface area contributed by atoms with Crippen LogP contribution < -0.4 is 0 Å². The predicted molar refractivity (Wildman–Crippen MR) is 106 cm³/mol. The Balaban J connectivity index is 2.13. The molecule has 29 heavy (non-hydrogen) atoms. The normalized spacial score (nSPS) is 23.1. The summed E-state index contributed by atoms with van der Waals surface area (Å²) in [6.07, 6.45) is 0.664. The summed E-state index contributed by atoms with van der Waals surface area (Å²) in [4.78, 5) is 52.1. The first-order valence-electron chi connectivity index (χ1n) is 9.94. The van der Waals surface area contributed by atoms with Crippen LogP contribution in [0.4, 0.5) is 0 Å². The Morgan fingerprint density at radius 2 is 1.14 bits per heavy atom. The highest BCUT2D eigenvalue weighted by atomic mass is 16.3. The highest BCUT2D eigenvalue weighted by Crippen LogP contribution is 2.49. The number of benzene rings is 1. The van der Waals surface area contributed by atoms with E-state index in [1.54, 1.807) is 0 Å². The molecule has 6 nitrogen and oxygen atoms in total. The maximum Gasteiger partial charge on any atom is 0.144 e. The molecule has 0 spiro atoms. The van der Waals surface area contributed by atoms with Crippen LogP contribution in [0.5, 0.6) is 11.5 Å². The second-order valence-corrected chi connectivity index (χ2v) is 10.1. The Kier molecular flexibility index (Phi) is 5.18. The van der Waals surface area contributed by atoms with Gasteiger partial charge >= 0.3 is 0 Å². The van der Waals surface area contributed by atoms with Gasteiger partial charge in [0.25, 0.3) is 0 Å². The molecule has 1 aromatic carbocycles. The van der Waals surface area contributed by atoms with Gasteiger partial charge in [-0.25, -0.2) is 0 Å². The summed E-state index contributed by atoms with van der Waals surface area (Å²) in [5.74, 6) is -5.12. The molecular weight excluding hydrogens is 372 g/mol. The molecular formula is C23H28O6. The molecule has 0 amide bonds. The van der Waals surface area contributed by atoms with Gasteiger partial charge in [-0.1, -0.05) is 33.8 Å². The van der Waals surface area contributed by atoms with Crippen LogP contribution in [0.15, 0.2) is 18.2 Å². The third-order valence-electron chi connectivity index (χ3n) is 6.09. The zero-order chi connectivity index (χ0) is 21.7. The van der Waals surface area contributed by atoms with Gasteiger partial charge in [0.2, 0.25) is 0 Å². The first-order valence-corrected chi connectivity index (χ1v) is 9.94. The monoisotopic (exact) mass is 400 g/mol. The van der Waals surface area contributed by atoms with E-state index in [4.69, 9.17) is 0 Å². The van der Waals surface area contributed by atoms with Gasteiger partial charge in [-0.3, -0.25) is 19.2 Å². The second kappa shape index (κ2) is 7.08. The molecule has 0 unspecified atom stereocenters. The number of carbonyl (C=O) groups excluding carboxylic acids is 4. The van der Waals surface area contributed by atoms with Gasteiger partial charge in [-0.2, -0.15) is 0 Å². The zero-order valence-corrected chi connectivity index (χ0v) is 17.3. The summed E-state index contributed by atoms with van der Waals surface area (Å²) in [5, 5.41) is 20.1. The minimum absolute atomic E-state index is 0.166. The van der Waals surface area contributed by atoms with Crippen molar-refractivity contribution in [2.45, 2.75) is 59.3 Å². The van der Waals surface area contributed by atoms with Gasteiger partial charge in [-0.15, -0.1) is 0 Å². The second-order valence-electron chi connectivity index (χ2n) is 10.1. The van der Waals surface area contributed by atoms with Gasteiger partial charge in [0.15, 0.2) is 0 Å². The molecule has 0 atom stereocenters. The first kappa shape index (κ1) is 21.2. The van der Waals surface area contributed by atoms with Gasteiger partial charge in [0.05, 0.1) is 11.8 Å². The lowest BCUT2D eigenvalue weighted by atomic mass is 9.59. The van der Waals surface area contributed by atoms with E-state index in [1.807, 2.05) is 27.7 Å². The molecule has 0 bridgehead atoms. The lowest BCUT2D eigenvalue weighted by molar-refractivity contribution is -0.145. The molecule has 0 heterocycles. The van der Waals surface area contributed by atoms with E-state index in [0.29, 0.717) is 0 Å². The number of aromatic hydroxyl groups is 2. The van der Waals surface area contributed by atoms with Crippen molar-refractivity contribution in [3.05, 3.63) is 23.8 Å². The van der Waals surface area contributed by atoms with Crippen LogP contribution in [0.25, 0.3) is 0 Å². The van der Waals surface area contributed by atoms with Crippen molar-refractivity contribution in [2.24, 2.45) is 22.7 Å². The van der Waals surface area contributed by atoms with Gasteiger partial charge in [0.1, 0.15) is 34.6 Å². The summed E-state index contributed by atoms with van der Waals surface area (Å²) >= 11 is 0. The average molecular weight is 400 g/mol. The zero-order valence-electron chi connectivity index (χ0n) is 17.3. The average Bonchev–Trinajstić information content (AvgIpc) is 2.50. The van der Waals surface area contributed by atoms with Crippen molar-refractivity contribution in [1.82, 2.24) is 0 Å². The molecule has 3 rings (SSSR count). The summed E-state index contributed by atoms with van der Waals surface area (Å²) in [5.41, 5.74) is -0.774. The van der Waals surface area contributed by atoms with Crippen molar-refractivity contribution >= 4 is 23.1 Å². The number of hydrogen-bond donors (Lipinski definition) is 2. The third-order valence-corrected chi connectivity index (χ3v) is 6.09. The van der Waals surface area contributed by atoms with Crippen molar-refractivity contribution in [3.8, 4) is 11.5 Å². The summed E-state index contributed by atoms with van der Waals surface area (Å²) < 4.78 is 0. The highest BCUT2D eigenvalue weighted by Gasteiger charge is 2.52. The van der Waals surface area contributed by atoms with Gasteiger partial charge < -0.3 is 10.2 Å². The van der Waals surface area contributed by atoms with E-state index >= 15 is 0 Å². The van der Waals surface area contributed by atoms with E-state index in [2.05, 4.69) is 0 Å². The SMILES string of the molecule is CC1(C)CC(=O)C(C(c2ccc(O)cc2O)C2C(=O)CC(C)(C)CC2=O)C(=O)C1. The molecule has 2 fully saturated rings. The smallest absolute Gasteiger partial charge is 0.144 e. The largest absolute Gasteiger partial charge is 0.508 e. The molecule has 2 aliphatic carbocycles. The molecule has 156 valence electrons. The maximum absolute atomic E-state index is 13.0. The topological polar surface area (TPSA) is 109 Å². The fourth-order valence-corrected chi connectivity index (χ4v) is 4.98. The minimum atomic E-state index is -1.16. The van der Waals surface area contributed by atoms with Gasteiger partial charge in [0, 0.05) is 37.7 Å². The molecule has 0 aliphatic heterocycles. The fraction of sp³-hybridized carbons (Fsp3) is 0.565. The van der Waals surface area contributed by atoms with Crippen LogP contribution in [0.1, 0.15) is 64.9 Å². The van der Waals surface area contributed by atoms with Crippen LogP contribution in [0.2, 0.25) is 0 Å². The maximum atomic E-state index is 13.0. The van der Waals surface area contributed by atoms with E-state index < -0.39 is 28.6 Å². The molecule has 2 saturated carbocycles. The number of phenolic OH excluding ortho intramolecular Hbond substituents is 2. The Hall–Kier alpha value is -2.50. The molecule has 0 saturated heterocycles. The van der Waals surface area contributed by atoms with Crippen molar-refractivity contribution in [1.29, 1.82) is 0 Å². The fourth-order valence-electron chi connectivity index (χ4n) is 4.98. The van der Waals surface area contributed by atoms with Crippen molar-refractivity contribution in [2.75, 3.05) is 0 Å². The van der Waals surface area contributed by atoms with Crippen molar-refractivity contribution < 1.29 is 29.4 Å². The summed E-state index contributed by atoms with van der Waals surface area (Å²) in [6, 6.07) is 3.83. The summed E-state index contributed by atoms with van der Waals surface area (Å²) in [6.45, 7) is 7.36. The Bertz CT molecular complexity index is 807. The molecule has 0 radical (unpaired) electrons. The summed E-state index contributed by atoms with van der Waals surface area (Å²) in [7, 11) is 0. The standard InChI is InChI=1S/C23H28O6/c1-22(2)8-15(26)20(16(27)9-22)19(13-6-5-12(24)7-14(13)25)21-17(28)10-23(3,4)11-18(21)29/h5-7,19-21,24-25H,8-11H2,1-4H3.